The minimum Gasteiger partial charge on any atom is -0.306 e. The smallest absolute Gasteiger partial charge is 0.306 e. The molecule has 1 aliphatic rings. The Hall–Kier alpha value is -3.13. The van der Waals surface area contributed by atoms with Crippen LogP contribution in [-0.4, -0.2) is 40.0 Å². The molecule has 1 unspecified atom stereocenters. The number of anilines is 1. The maximum Gasteiger partial charge on any atom is 0.416 e. The molecule has 1 saturated heterocycles. The first-order valence-electron chi connectivity index (χ1n) is 10.6. The van der Waals surface area contributed by atoms with Gasteiger partial charge in [0.25, 0.3) is 5.91 Å². The van der Waals surface area contributed by atoms with Crippen LogP contribution in [0.4, 0.5) is 19.1 Å². The van der Waals surface area contributed by atoms with Gasteiger partial charge in [0, 0.05) is 24.7 Å². The largest absolute Gasteiger partial charge is 0.416 e. The van der Waals surface area contributed by atoms with Crippen LogP contribution < -0.4 is 5.32 Å². The van der Waals surface area contributed by atoms with E-state index in [-0.39, 0.29) is 11.6 Å². The minimum absolute atomic E-state index is 0.0634. The van der Waals surface area contributed by atoms with Crippen LogP contribution in [0.3, 0.4) is 0 Å². The summed E-state index contributed by atoms with van der Waals surface area (Å²) in [5.41, 5.74) is 1.74. The van der Waals surface area contributed by atoms with Crippen LogP contribution >= 0.6 is 0 Å². The molecule has 1 aromatic heterocycles. The fourth-order valence-electron chi connectivity index (χ4n) is 4.27. The highest BCUT2D eigenvalue weighted by molar-refractivity contribution is 6.04. The molecule has 168 valence electrons. The molecule has 1 fully saturated rings. The molecule has 4 rings (SSSR count). The Bertz CT molecular complexity index is 1150. The van der Waals surface area contributed by atoms with E-state index in [1.54, 1.807) is 0 Å². The van der Waals surface area contributed by atoms with Gasteiger partial charge in [0.05, 0.1) is 16.6 Å². The fourth-order valence-corrected chi connectivity index (χ4v) is 4.27. The van der Waals surface area contributed by atoms with Crippen molar-refractivity contribution in [2.24, 2.45) is 0 Å². The normalized spacial score (nSPS) is 17.4. The summed E-state index contributed by atoms with van der Waals surface area (Å²) in [6.07, 6.45) is -0.740. The predicted molar refractivity (Wildman–Crippen MR) is 119 cm³/mol. The van der Waals surface area contributed by atoms with E-state index in [2.05, 4.69) is 21.8 Å². The van der Waals surface area contributed by atoms with Crippen molar-refractivity contribution in [3.8, 4) is 0 Å². The van der Waals surface area contributed by atoms with Crippen molar-refractivity contribution in [1.29, 1.82) is 0 Å². The van der Waals surface area contributed by atoms with Gasteiger partial charge < -0.3 is 4.57 Å². The van der Waals surface area contributed by atoms with Crippen molar-refractivity contribution in [1.82, 2.24) is 14.5 Å². The van der Waals surface area contributed by atoms with Crippen LogP contribution in [0.25, 0.3) is 11.0 Å². The highest BCUT2D eigenvalue weighted by atomic mass is 19.4. The number of alkyl halides is 3. The highest BCUT2D eigenvalue weighted by Crippen LogP contribution is 2.32. The van der Waals surface area contributed by atoms with Crippen LogP contribution in [0.2, 0.25) is 0 Å². The molecule has 1 aliphatic heterocycles. The summed E-state index contributed by atoms with van der Waals surface area (Å²) in [6, 6.07) is 10.4. The van der Waals surface area contributed by atoms with Crippen LogP contribution in [0, 0.1) is 6.92 Å². The number of aryl methyl sites for hydroxylation is 1. The molecule has 1 amide bonds. The van der Waals surface area contributed by atoms with E-state index >= 15 is 0 Å². The third kappa shape index (κ3) is 4.55. The second-order valence-corrected chi connectivity index (χ2v) is 8.17. The van der Waals surface area contributed by atoms with E-state index in [0.29, 0.717) is 5.95 Å². The summed E-state index contributed by atoms with van der Waals surface area (Å²) in [6.45, 7) is 8.30. The number of nitrogens with one attached hydrogen (secondary N) is 1. The zero-order chi connectivity index (χ0) is 22.9. The number of hydrogen-bond acceptors (Lipinski definition) is 3. The number of piperidine rings is 1. The van der Waals surface area contributed by atoms with Crippen LogP contribution in [-0.2, 0) is 6.18 Å². The van der Waals surface area contributed by atoms with Gasteiger partial charge in [-0.25, -0.2) is 4.98 Å². The number of nitrogens with zero attached hydrogens (tertiary/aromatic N) is 3. The van der Waals surface area contributed by atoms with E-state index in [1.165, 1.54) is 12.1 Å². The topological polar surface area (TPSA) is 50.2 Å². The summed E-state index contributed by atoms with van der Waals surface area (Å²) < 4.78 is 41.3. The lowest BCUT2D eigenvalue weighted by atomic mass is 10.0. The molecule has 0 saturated carbocycles. The summed E-state index contributed by atoms with van der Waals surface area (Å²) in [7, 11) is 0. The second kappa shape index (κ2) is 8.78. The van der Waals surface area contributed by atoms with Crippen molar-refractivity contribution < 1.29 is 18.0 Å². The van der Waals surface area contributed by atoms with Gasteiger partial charge in [-0.15, -0.1) is 6.58 Å². The van der Waals surface area contributed by atoms with Gasteiger partial charge in [-0.3, -0.25) is 15.0 Å². The van der Waals surface area contributed by atoms with Gasteiger partial charge in [-0.1, -0.05) is 18.2 Å². The van der Waals surface area contributed by atoms with E-state index in [4.69, 9.17) is 0 Å². The van der Waals surface area contributed by atoms with Crippen LogP contribution in [0.5, 0.6) is 0 Å². The first kappa shape index (κ1) is 22.1. The molecule has 0 aliphatic carbocycles. The maximum atomic E-state index is 13.1. The Kier molecular flexibility index (Phi) is 6.06. The second-order valence-electron chi connectivity index (χ2n) is 8.17. The number of halogens is 3. The number of fused-ring (bicyclic) bond motifs is 1. The molecule has 1 N–H and O–H groups in total. The number of imidazole rings is 1. The number of likely N-dealkylation sites (tertiary alicyclic amines) is 1. The SMILES string of the molecule is C=CCN1CCCC(n2c(NC(=O)c3cccc(C(F)(F)F)c3)nc3cc(C)ccc32)C1. The first-order chi connectivity index (χ1) is 15.3. The molecule has 5 nitrogen and oxygen atoms in total. The lowest BCUT2D eigenvalue weighted by molar-refractivity contribution is -0.137. The zero-order valence-corrected chi connectivity index (χ0v) is 17.8. The number of hydrogen-bond donors (Lipinski definition) is 1. The third-order valence-electron chi connectivity index (χ3n) is 5.76. The number of carbonyl (C=O) groups is 1. The number of aromatic nitrogens is 2. The van der Waals surface area contributed by atoms with Gasteiger partial charge in [0.1, 0.15) is 0 Å². The van der Waals surface area contributed by atoms with Crippen molar-refractivity contribution in [3.05, 3.63) is 71.8 Å². The van der Waals surface area contributed by atoms with Gasteiger partial charge in [0.2, 0.25) is 5.95 Å². The molecule has 2 heterocycles. The van der Waals surface area contributed by atoms with Gasteiger partial charge in [-0.2, -0.15) is 13.2 Å². The van der Waals surface area contributed by atoms with Crippen molar-refractivity contribution in [3.63, 3.8) is 0 Å². The van der Waals surface area contributed by atoms with Crippen LogP contribution in [0.15, 0.2) is 55.1 Å². The van der Waals surface area contributed by atoms with Crippen LogP contribution in [0.1, 0.15) is 40.4 Å². The quantitative estimate of drug-likeness (QED) is 0.536. The van der Waals surface area contributed by atoms with E-state index in [1.807, 2.05) is 35.8 Å². The zero-order valence-electron chi connectivity index (χ0n) is 17.8. The number of carbonyl (C=O) groups excluding carboxylic acids is 1. The van der Waals surface area contributed by atoms with Crippen molar-refractivity contribution >= 4 is 22.9 Å². The average Bonchev–Trinajstić information content (AvgIpc) is 3.10. The summed E-state index contributed by atoms with van der Waals surface area (Å²) in [5.74, 6) is -0.276. The number of amides is 1. The Morgan fingerprint density at radius 3 is 2.84 bits per heavy atom. The van der Waals surface area contributed by atoms with E-state index in [0.717, 1.165) is 61.2 Å². The summed E-state index contributed by atoms with van der Waals surface area (Å²) in [5, 5.41) is 2.77. The highest BCUT2D eigenvalue weighted by Gasteiger charge is 2.31. The monoisotopic (exact) mass is 442 g/mol. The van der Waals surface area contributed by atoms with Gasteiger partial charge >= 0.3 is 6.18 Å². The number of rotatable bonds is 5. The maximum absolute atomic E-state index is 13.1. The molecule has 32 heavy (non-hydrogen) atoms. The standard InChI is InChI=1S/C24H25F3N4O/c1-3-11-30-12-5-8-19(15-30)31-21-10-9-16(2)13-20(21)28-23(31)29-22(32)17-6-4-7-18(14-17)24(25,26)27/h3-4,6-7,9-10,13-14,19H,1,5,8,11-12,15H2,2H3,(H,28,29,32). The number of benzene rings is 2. The average molecular weight is 442 g/mol. The Balaban J connectivity index is 1.70. The molecule has 0 radical (unpaired) electrons. The van der Waals surface area contributed by atoms with E-state index in [9.17, 15) is 18.0 Å². The Labute approximate surface area is 184 Å². The van der Waals surface area contributed by atoms with E-state index < -0.39 is 17.6 Å². The summed E-state index contributed by atoms with van der Waals surface area (Å²) >= 11 is 0. The van der Waals surface area contributed by atoms with Gasteiger partial charge in [0.15, 0.2) is 0 Å². The molecule has 1 atom stereocenters. The Morgan fingerprint density at radius 2 is 2.09 bits per heavy atom. The van der Waals surface area contributed by atoms with Crippen molar-refractivity contribution in [2.45, 2.75) is 32.0 Å². The molecule has 0 spiro atoms. The predicted octanol–water partition coefficient (Wildman–Crippen LogP) is 5.44. The first-order valence-corrected chi connectivity index (χ1v) is 10.6. The molecular formula is C24H25F3N4O. The van der Waals surface area contributed by atoms with Gasteiger partial charge in [-0.05, 0) is 62.2 Å². The lowest BCUT2D eigenvalue weighted by Gasteiger charge is -2.33. The van der Waals surface area contributed by atoms with Crippen molar-refractivity contribution in [2.75, 3.05) is 25.0 Å². The molecule has 2 aromatic carbocycles. The molecular weight excluding hydrogens is 417 g/mol. The fraction of sp³-hybridized carbons (Fsp3) is 0.333. The minimum atomic E-state index is -4.52. The molecule has 0 bridgehead atoms. The lowest BCUT2D eigenvalue weighted by Crippen LogP contribution is -2.37. The summed E-state index contributed by atoms with van der Waals surface area (Å²) in [4.78, 5) is 19.8. The Morgan fingerprint density at radius 1 is 1.28 bits per heavy atom. The molecule has 8 heteroatoms. The molecule has 3 aromatic rings. The third-order valence-corrected chi connectivity index (χ3v) is 5.76.